The number of methoxy groups -OCH3 is 1. The SMILES string of the molecule is COc1c2c(cc3c(C)cc(=O)oc13)CC(C)O2. The molecule has 18 heavy (non-hydrogen) atoms. The van der Waals surface area contributed by atoms with E-state index in [4.69, 9.17) is 13.9 Å². The van der Waals surface area contributed by atoms with Gasteiger partial charge >= 0.3 is 5.63 Å². The minimum Gasteiger partial charge on any atom is -0.490 e. The van der Waals surface area contributed by atoms with Crippen molar-refractivity contribution in [1.29, 1.82) is 0 Å². The maximum Gasteiger partial charge on any atom is 0.336 e. The van der Waals surface area contributed by atoms with Gasteiger partial charge in [-0.05, 0) is 25.5 Å². The number of benzene rings is 1. The second-order valence-corrected chi connectivity index (χ2v) is 4.66. The molecule has 2 heterocycles. The van der Waals surface area contributed by atoms with Crippen LogP contribution in [0, 0.1) is 6.92 Å². The third-order valence-corrected chi connectivity index (χ3v) is 3.26. The average Bonchev–Trinajstić information content (AvgIpc) is 2.66. The van der Waals surface area contributed by atoms with Gasteiger partial charge in [-0.1, -0.05) is 0 Å². The summed E-state index contributed by atoms with van der Waals surface area (Å²) in [5.74, 6) is 1.22. The van der Waals surface area contributed by atoms with Crippen molar-refractivity contribution in [3.8, 4) is 11.5 Å². The zero-order valence-electron chi connectivity index (χ0n) is 10.6. The molecule has 1 aliphatic heterocycles. The average molecular weight is 246 g/mol. The van der Waals surface area contributed by atoms with Crippen molar-refractivity contribution in [2.24, 2.45) is 0 Å². The van der Waals surface area contributed by atoms with E-state index in [1.54, 1.807) is 7.11 Å². The second kappa shape index (κ2) is 3.77. The van der Waals surface area contributed by atoms with Gasteiger partial charge in [-0.3, -0.25) is 0 Å². The van der Waals surface area contributed by atoms with Gasteiger partial charge < -0.3 is 13.9 Å². The summed E-state index contributed by atoms with van der Waals surface area (Å²) in [6.07, 6.45) is 0.970. The smallest absolute Gasteiger partial charge is 0.336 e. The maximum atomic E-state index is 11.5. The van der Waals surface area contributed by atoms with Crippen molar-refractivity contribution in [2.45, 2.75) is 26.4 Å². The lowest BCUT2D eigenvalue weighted by molar-refractivity contribution is 0.243. The standard InChI is InChI=1S/C14H14O4/c1-7-4-11(15)18-13-10(7)6-9-5-8(2)17-12(9)14(13)16-3/h4,6,8H,5H2,1-3H3. The minimum absolute atomic E-state index is 0.123. The van der Waals surface area contributed by atoms with Crippen LogP contribution in [-0.2, 0) is 6.42 Å². The highest BCUT2D eigenvalue weighted by Crippen LogP contribution is 2.43. The number of aryl methyl sites for hydroxylation is 1. The Balaban J connectivity index is 2.43. The van der Waals surface area contributed by atoms with E-state index < -0.39 is 0 Å². The molecule has 1 atom stereocenters. The summed E-state index contributed by atoms with van der Waals surface area (Å²) in [4.78, 5) is 11.5. The summed E-state index contributed by atoms with van der Waals surface area (Å²) in [7, 11) is 1.56. The first kappa shape index (κ1) is 11.1. The second-order valence-electron chi connectivity index (χ2n) is 4.66. The first-order valence-corrected chi connectivity index (χ1v) is 5.91. The fourth-order valence-corrected chi connectivity index (χ4v) is 2.47. The van der Waals surface area contributed by atoms with Crippen molar-refractivity contribution >= 4 is 11.0 Å². The van der Waals surface area contributed by atoms with E-state index in [9.17, 15) is 4.79 Å². The molecule has 1 unspecified atom stereocenters. The van der Waals surface area contributed by atoms with Crippen LogP contribution in [0.3, 0.4) is 0 Å². The zero-order valence-corrected chi connectivity index (χ0v) is 10.6. The predicted octanol–water partition coefficient (Wildman–Crippen LogP) is 2.43. The van der Waals surface area contributed by atoms with Crippen LogP contribution in [-0.4, -0.2) is 13.2 Å². The van der Waals surface area contributed by atoms with Gasteiger partial charge in [0.1, 0.15) is 6.10 Å². The van der Waals surface area contributed by atoms with Crippen molar-refractivity contribution in [3.63, 3.8) is 0 Å². The van der Waals surface area contributed by atoms with E-state index in [1.165, 1.54) is 6.07 Å². The third-order valence-electron chi connectivity index (χ3n) is 3.26. The lowest BCUT2D eigenvalue weighted by Gasteiger charge is -2.11. The number of fused-ring (bicyclic) bond motifs is 2. The summed E-state index contributed by atoms with van der Waals surface area (Å²) >= 11 is 0. The Kier molecular flexibility index (Phi) is 2.33. The molecule has 94 valence electrons. The highest BCUT2D eigenvalue weighted by Gasteiger charge is 2.26. The van der Waals surface area contributed by atoms with E-state index in [-0.39, 0.29) is 11.7 Å². The van der Waals surface area contributed by atoms with Gasteiger partial charge in [0.25, 0.3) is 0 Å². The number of hydrogen-bond acceptors (Lipinski definition) is 4. The van der Waals surface area contributed by atoms with Crippen LogP contribution in [0.2, 0.25) is 0 Å². The molecule has 1 aliphatic rings. The molecule has 0 aliphatic carbocycles. The van der Waals surface area contributed by atoms with E-state index >= 15 is 0 Å². The Morgan fingerprint density at radius 2 is 2.17 bits per heavy atom. The summed E-state index contributed by atoms with van der Waals surface area (Å²) in [5.41, 5.74) is 2.09. The normalized spacial score (nSPS) is 17.6. The monoisotopic (exact) mass is 246 g/mol. The molecule has 2 aromatic rings. The fraction of sp³-hybridized carbons (Fsp3) is 0.357. The molecule has 4 nitrogen and oxygen atoms in total. The van der Waals surface area contributed by atoms with E-state index in [0.717, 1.165) is 22.9 Å². The summed E-state index contributed by atoms with van der Waals surface area (Å²) < 4.78 is 16.4. The number of ether oxygens (including phenoxy) is 2. The summed E-state index contributed by atoms with van der Waals surface area (Å²) in [5, 5.41) is 0.905. The van der Waals surface area contributed by atoms with Crippen molar-refractivity contribution in [3.05, 3.63) is 33.7 Å². The Morgan fingerprint density at radius 3 is 2.89 bits per heavy atom. The Morgan fingerprint density at radius 1 is 1.39 bits per heavy atom. The summed E-state index contributed by atoms with van der Waals surface area (Å²) in [6, 6.07) is 3.52. The quantitative estimate of drug-likeness (QED) is 0.725. The Hall–Kier alpha value is -1.97. The van der Waals surface area contributed by atoms with Gasteiger partial charge in [0.2, 0.25) is 5.75 Å². The zero-order chi connectivity index (χ0) is 12.9. The molecule has 0 N–H and O–H groups in total. The molecule has 4 heteroatoms. The highest BCUT2D eigenvalue weighted by atomic mass is 16.5. The van der Waals surface area contributed by atoms with E-state index in [0.29, 0.717) is 17.1 Å². The number of rotatable bonds is 1. The van der Waals surface area contributed by atoms with Crippen LogP contribution in [0.1, 0.15) is 18.1 Å². The van der Waals surface area contributed by atoms with Crippen LogP contribution in [0.5, 0.6) is 11.5 Å². The molecule has 3 rings (SSSR count). The molecule has 0 saturated heterocycles. The van der Waals surface area contributed by atoms with Crippen molar-refractivity contribution < 1.29 is 13.9 Å². The van der Waals surface area contributed by atoms with Crippen LogP contribution < -0.4 is 15.1 Å². The molecule has 1 aromatic heterocycles. The summed E-state index contributed by atoms with van der Waals surface area (Å²) in [6.45, 7) is 3.90. The molecular weight excluding hydrogens is 232 g/mol. The topological polar surface area (TPSA) is 48.7 Å². The maximum absolute atomic E-state index is 11.5. The first-order chi connectivity index (χ1) is 8.60. The van der Waals surface area contributed by atoms with Crippen molar-refractivity contribution in [2.75, 3.05) is 7.11 Å². The third kappa shape index (κ3) is 1.49. The molecule has 0 bridgehead atoms. The molecule has 0 fully saturated rings. The minimum atomic E-state index is -0.371. The Bertz CT molecular complexity index is 684. The molecule has 0 spiro atoms. The molecule has 1 aromatic carbocycles. The van der Waals surface area contributed by atoms with Gasteiger partial charge in [0.15, 0.2) is 11.3 Å². The fourth-order valence-electron chi connectivity index (χ4n) is 2.47. The Labute approximate surface area is 104 Å². The van der Waals surface area contributed by atoms with Crippen LogP contribution in [0.25, 0.3) is 11.0 Å². The first-order valence-electron chi connectivity index (χ1n) is 5.91. The van der Waals surface area contributed by atoms with Crippen molar-refractivity contribution in [1.82, 2.24) is 0 Å². The van der Waals surface area contributed by atoms with Crippen LogP contribution in [0.15, 0.2) is 21.3 Å². The molecule has 0 radical (unpaired) electrons. The van der Waals surface area contributed by atoms with Crippen LogP contribution >= 0.6 is 0 Å². The predicted molar refractivity (Wildman–Crippen MR) is 67.6 cm³/mol. The molecule has 0 saturated carbocycles. The largest absolute Gasteiger partial charge is 0.490 e. The van der Waals surface area contributed by atoms with E-state index in [2.05, 4.69) is 0 Å². The van der Waals surface area contributed by atoms with Gasteiger partial charge in [0.05, 0.1) is 7.11 Å². The lowest BCUT2D eigenvalue weighted by atomic mass is 10.0. The van der Waals surface area contributed by atoms with Gasteiger partial charge in [-0.2, -0.15) is 0 Å². The lowest BCUT2D eigenvalue weighted by Crippen LogP contribution is -2.05. The number of hydrogen-bond donors (Lipinski definition) is 0. The van der Waals surface area contributed by atoms with Gasteiger partial charge in [0, 0.05) is 23.4 Å². The van der Waals surface area contributed by atoms with Gasteiger partial charge in [-0.15, -0.1) is 0 Å². The van der Waals surface area contributed by atoms with Crippen LogP contribution in [0.4, 0.5) is 0 Å². The molecular formula is C14H14O4. The van der Waals surface area contributed by atoms with Gasteiger partial charge in [-0.25, -0.2) is 4.79 Å². The molecule has 0 amide bonds. The van der Waals surface area contributed by atoms with E-state index in [1.807, 2.05) is 19.9 Å². The highest BCUT2D eigenvalue weighted by molar-refractivity contribution is 5.89.